The maximum atomic E-state index is 15.1. The van der Waals surface area contributed by atoms with Crippen molar-refractivity contribution in [1.82, 2.24) is 34.5 Å². The predicted octanol–water partition coefficient (Wildman–Crippen LogP) is 6.05. The summed E-state index contributed by atoms with van der Waals surface area (Å²) in [5, 5.41) is 0.117. The zero-order valence-corrected chi connectivity index (χ0v) is 21.8. The first kappa shape index (κ1) is 26.7. The number of hydrogen-bond donors (Lipinski definition) is 0. The molecule has 5 rings (SSSR count). The second kappa shape index (κ2) is 10.4. The lowest BCUT2D eigenvalue weighted by atomic mass is 10.1. The zero-order valence-electron chi connectivity index (χ0n) is 21.0. The lowest BCUT2D eigenvalue weighted by molar-refractivity contribution is -0.140. The Kier molecular flexibility index (Phi) is 7.10. The van der Waals surface area contributed by atoms with Crippen LogP contribution in [-0.4, -0.2) is 41.6 Å². The van der Waals surface area contributed by atoms with Crippen molar-refractivity contribution >= 4 is 11.6 Å². The van der Waals surface area contributed by atoms with Crippen molar-refractivity contribution < 1.29 is 27.0 Å². The predicted molar refractivity (Wildman–Crippen MR) is 132 cm³/mol. The van der Waals surface area contributed by atoms with E-state index >= 15 is 4.39 Å². The van der Waals surface area contributed by atoms with Crippen LogP contribution in [0, 0.1) is 5.82 Å². The minimum atomic E-state index is -4.68. The second-order valence-corrected chi connectivity index (χ2v) is 9.58. The van der Waals surface area contributed by atoms with Crippen molar-refractivity contribution in [3.63, 3.8) is 0 Å². The number of alkyl halides is 3. The molecule has 204 valence electrons. The molecule has 0 aliphatic heterocycles. The molecule has 4 heterocycles. The third-order valence-electron chi connectivity index (χ3n) is 6.00. The van der Waals surface area contributed by atoms with Gasteiger partial charge < -0.3 is 14.0 Å². The van der Waals surface area contributed by atoms with Crippen molar-refractivity contribution in [2.24, 2.45) is 0 Å². The van der Waals surface area contributed by atoms with Crippen LogP contribution in [0.5, 0.6) is 11.8 Å². The Labute approximate surface area is 225 Å². The first-order valence-corrected chi connectivity index (χ1v) is 12.3. The molecule has 9 nitrogen and oxygen atoms in total. The van der Waals surface area contributed by atoms with Gasteiger partial charge in [0, 0.05) is 29.9 Å². The number of pyridine rings is 1. The average Bonchev–Trinajstić information content (AvgIpc) is 3.64. The summed E-state index contributed by atoms with van der Waals surface area (Å²) >= 11 is 6.26. The lowest BCUT2D eigenvalue weighted by Crippen LogP contribution is -2.06. The monoisotopic (exact) mass is 563 g/mol. The number of ether oxygens (including phenoxy) is 2. The van der Waals surface area contributed by atoms with E-state index in [1.807, 2.05) is 0 Å². The van der Waals surface area contributed by atoms with E-state index < -0.39 is 23.7 Å². The van der Waals surface area contributed by atoms with Gasteiger partial charge in [-0.1, -0.05) is 11.6 Å². The Morgan fingerprint density at radius 1 is 1.08 bits per heavy atom. The van der Waals surface area contributed by atoms with Crippen LogP contribution < -0.4 is 9.47 Å². The standard InChI is InChI=1S/C25H22ClF4N7O2/c1-12(2)37-9-17(25(28,29)30)35-22(37)20-16(27)6-13(7-31-20)10-39-23-15(26)8-32-21(36-23)18-19(14-4-5-14)33-11-34-24(18)38-3/h6-9,11-12,14H,4-5,10H2,1-3H3. The fraction of sp³-hybridized carbons (Fsp3) is 0.360. The lowest BCUT2D eigenvalue weighted by Gasteiger charge is -2.13. The molecule has 4 aromatic heterocycles. The molecule has 0 saturated heterocycles. The highest BCUT2D eigenvalue weighted by atomic mass is 35.5. The van der Waals surface area contributed by atoms with Gasteiger partial charge >= 0.3 is 6.18 Å². The highest BCUT2D eigenvalue weighted by Gasteiger charge is 2.36. The van der Waals surface area contributed by atoms with Crippen LogP contribution in [0.2, 0.25) is 5.02 Å². The number of methoxy groups -OCH3 is 1. The SMILES string of the molecule is COc1ncnc(C2CC2)c1-c1ncc(Cl)c(OCc2cnc(-c3nc(C(F)(F)F)cn3C(C)C)c(F)c2)n1. The van der Waals surface area contributed by atoms with E-state index in [-0.39, 0.29) is 40.8 Å². The van der Waals surface area contributed by atoms with Crippen LogP contribution in [0.4, 0.5) is 17.6 Å². The van der Waals surface area contributed by atoms with E-state index in [2.05, 4.69) is 29.9 Å². The maximum Gasteiger partial charge on any atom is 0.434 e. The highest BCUT2D eigenvalue weighted by molar-refractivity contribution is 6.31. The number of imidazole rings is 1. The molecule has 1 saturated carbocycles. The molecule has 0 radical (unpaired) electrons. The van der Waals surface area contributed by atoms with Gasteiger partial charge in [0.15, 0.2) is 23.2 Å². The van der Waals surface area contributed by atoms with Crippen molar-refractivity contribution in [3.8, 4) is 34.7 Å². The summed E-state index contributed by atoms with van der Waals surface area (Å²) in [4.78, 5) is 24.9. The van der Waals surface area contributed by atoms with E-state index in [0.29, 0.717) is 17.0 Å². The Balaban J connectivity index is 1.40. The van der Waals surface area contributed by atoms with Gasteiger partial charge in [0.25, 0.3) is 0 Å². The van der Waals surface area contributed by atoms with Crippen LogP contribution in [0.3, 0.4) is 0 Å². The summed E-state index contributed by atoms with van der Waals surface area (Å²) in [6.07, 6.45) is 2.21. The molecule has 4 aromatic rings. The number of hydrogen-bond acceptors (Lipinski definition) is 8. The van der Waals surface area contributed by atoms with Crippen molar-refractivity contribution in [3.05, 3.63) is 58.8 Å². The van der Waals surface area contributed by atoms with Crippen LogP contribution in [0.15, 0.2) is 31.0 Å². The highest BCUT2D eigenvalue weighted by Crippen LogP contribution is 2.45. The number of aromatic nitrogens is 7. The Morgan fingerprint density at radius 2 is 1.85 bits per heavy atom. The Bertz CT molecular complexity index is 1520. The molecule has 0 spiro atoms. The van der Waals surface area contributed by atoms with E-state index in [4.69, 9.17) is 21.1 Å². The maximum absolute atomic E-state index is 15.1. The van der Waals surface area contributed by atoms with Crippen molar-refractivity contribution in [2.75, 3.05) is 7.11 Å². The smallest absolute Gasteiger partial charge is 0.434 e. The number of nitrogens with zero attached hydrogens (tertiary/aromatic N) is 7. The third-order valence-corrected chi connectivity index (χ3v) is 6.26. The Morgan fingerprint density at radius 3 is 2.49 bits per heavy atom. The molecule has 0 bridgehead atoms. The Hall–Kier alpha value is -3.87. The first-order valence-electron chi connectivity index (χ1n) is 11.9. The molecule has 0 N–H and O–H groups in total. The molecule has 0 aromatic carbocycles. The fourth-order valence-corrected chi connectivity index (χ4v) is 4.10. The molecular weight excluding hydrogens is 542 g/mol. The van der Waals surface area contributed by atoms with Gasteiger partial charge in [-0.2, -0.15) is 18.2 Å². The second-order valence-electron chi connectivity index (χ2n) is 9.18. The quantitative estimate of drug-likeness (QED) is 0.239. The molecule has 39 heavy (non-hydrogen) atoms. The van der Waals surface area contributed by atoms with E-state index in [1.54, 1.807) is 13.8 Å². The third kappa shape index (κ3) is 5.49. The largest absolute Gasteiger partial charge is 0.480 e. The van der Waals surface area contributed by atoms with Gasteiger partial charge in [0.05, 0.1) is 19.0 Å². The van der Waals surface area contributed by atoms with E-state index in [0.717, 1.165) is 30.8 Å². The van der Waals surface area contributed by atoms with Gasteiger partial charge in [-0.25, -0.2) is 29.3 Å². The summed E-state index contributed by atoms with van der Waals surface area (Å²) in [5.41, 5.74) is 0.171. The van der Waals surface area contributed by atoms with Crippen LogP contribution >= 0.6 is 11.6 Å². The summed E-state index contributed by atoms with van der Waals surface area (Å²) in [5.74, 6) is -0.219. The average molecular weight is 564 g/mol. The van der Waals surface area contributed by atoms with Crippen LogP contribution in [0.25, 0.3) is 22.9 Å². The molecule has 0 unspecified atom stereocenters. The summed E-state index contributed by atoms with van der Waals surface area (Å²) < 4.78 is 67.1. The van der Waals surface area contributed by atoms with E-state index in [9.17, 15) is 13.2 Å². The van der Waals surface area contributed by atoms with Crippen molar-refractivity contribution in [2.45, 2.75) is 51.4 Å². The zero-order chi connectivity index (χ0) is 27.9. The molecular formula is C25H22ClF4N7O2. The summed E-state index contributed by atoms with van der Waals surface area (Å²) in [6, 6.07) is 0.709. The van der Waals surface area contributed by atoms with E-state index in [1.165, 1.54) is 30.4 Å². The molecule has 14 heteroatoms. The topological polar surface area (TPSA) is 101 Å². The van der Waals surface area contributed by atoms with Gasteiger partial charge in [-0.15, -0.1) is 0 Å². The number of rotatable bonds is 8. The minimum absolute atomic E-state index is 0.0315. The summed E-state index contributed by atoms with van der Waals surface area (Å²) in [7, 11) is 1.48. The molecule has 1 fully saturated rings. The van der Waals surface area contributed by atoms with Gasteiger partial charge in [-0.05, 0) is 32.8 Å². The van der Waals surface area contributed by atoms with Crippen LogP contribution in [0.1, 0.15) is 55.6 Å². The number of halogens is 5. The van der Waals surface area contributed by atoms with Gasteiger partial charge in [0.2, 0.25) is 11.8 Å². The van der Waals surface area contributed by atoms with Crippen molar-refractivity contribution in [1.29, 1.82) is 0 Å². The normalized spacial score (nSPS) is 13.7. The minimum Gasteiger partial charge on any atom is -0.480 e. The molecule has 1 aliphatic rings. The van der Waals surface area contributed by atoms with Gasteiger partial charge in [-0.3, -0.25) is 0 Å². The van der Waals surface area contributed by atoms with Gasteiger partial charge in [0.1, 0.15) is 29.2 Å². The molecule has 0 amide bonds. The first-order chi connectivity index (χ1) is 18.6. The summed E-state index contributed by atoms with van der Waals surface area (Å²) in [6.45, 7) is 3.15. The fourth-order valence-electron chi connectivity index (χ4n) is 3.96. The van der Waals surface area contributed by atoms with Crippen LogP contribution in [-0.2, 0) is 12.8 Å². The molecule has 0 atom stereocenters. The molecule has 1 aliphatic carbocycles.